The number of unbranched alkanes of at least 4 members (excludes halogenated alkanes) is 2. The van der Waals surface area contributed by atoms with E-state index in [0.717, 1.165) is 31.3 Å². The second kappa shape index (κ2) is 6.89. The molecule has 3 nitrogen and oxygen atoms in total. The minimum Gasteiger partial charge on any atom is -0.355 e. The fourth-order valence-corrected chi connectivity index (χ4v) is 1.84. The van der Waals surface area contributed by atoms with Crippen LogP contribution in [-0.2, 0) is 4.79 Å². The van der Waals surface area contributed by atoms with Crippen molar-refractivity contribution < 1.29 is 4.79 Å². The molecule has 0 spiro atoms. The van der Waals surface area contributed by atoms with E-state index in [0.29, 0.717) is 0 Å². The molecule has 0 aromatic carbocycles. The minimum atomic E-state index is -0.0468. The van der Waals surface area contributed by atoms with Crippen LogP contribution in [0.4, 0.5) is 0 Å². The van der Waals surface area contributed by atoms with Crippen molar-refractivity contribution in [3.05, 3.63) is 0 Å². The third-order valence-corrected chi connectivity index (χ3v) is 3.44. The van der Waals surface area contributed by atoms with Gasteiger partial charge in [0.2, 0.25) is 5.91 Å². The summed E-state index contributed by atoms with van der Waals surface area (Å²) in [7, 11) is 0. The van der Waals surface area contributed by atoms with Crippen molar-refractivity contribution in [2.45, 2.75) is 52.5 Å². The summed E-state index contributed by atoms with van der Waals surface area (Å²) in [6.45, 7) is 8.19. The van der Waals surface area contributed by atoms with Gasteiger partial charge in [-0.15, -0.1) is 0 Å². The molecule has 1 aliphatic carbocycles. The highest BCUT2D eigenvalue weighted by Crippen LogP contribution is 2.36. The lowest BCUT2D eigenvalue weighted by molar-refractivity contribution is -0.122. The molecule has 1 amide bonds. The van der Waals surface area contributed by atoms with E-state index in [2.05, 4.69) is 24.5 Å². The molecule has 1 saturated carbocycles. The summed E-state index contributed by atoms with van der Waals surface area (Å²) in [4.78, 5) is 11.6. The molecule has 3 heteroatoms. The van der Waals surface area contributed by atoms with Gasteiger partial charge in [0, 0.05) is 6.54 Å². The van der Waals surface area contributed by atoms with E-state index in [9.17, 15) is 4.79 Å². The molecule has 16 heavy (non-hydrogen) atoms. The van der Waals surface area contributed by atoms with Gasteiger partial charge in [0.05, 0.1) is 6.04 Å². The lowest BCUT2D eigenvalue weighted by Gasteiger charge is -2.13. The first-order valence-electron chi connectivity index (χ1n) is 6.66. The molecule has 1 rings (SSSR count). The molecule has 0 bridgehead atoms. The first kappa shape index (κ1) is 13.5. The third kappa shape index (κ3) is 4.97. The van der Waals surface area contributed by atoms with Gasteiger partial charge in [-0.25, -0.2) is 0 Å². The number of nitrogens with one attached hydrogen (secondary N) is 2. The number of carbonyl (C=O) groups excluding carboxylic acids is 1. The maximum Gasteiger partial charge on any atom is 0.236 e. The largest absolute Gasteiger partial charge is 0.355 e. The molecule has 0 aromatic rings. The zero-order chi connectivity index (χ0) is 12.0. The Morgan fingerprint density at radius 2 is 2.12 bits per heavy atom. The standard InChI is InChI=1S/C13H26N2O/c1-4-5-6-7-14-13(16)11(3)15-9-12-8-10(12)2/h10-12,15H,4-9H2,1-3H3,(H,14,16). The van der Waals surface area contributed by atoms with E-state index in [-0.39, 0.29) is 11.9 Å². The fraction of sp³-hybridized carbons (Fsp3) is 0.923. The smallest absolute Gasteiger partial charge is 0.236 e. The van der Waals surface area contributed by atoms with Crippen LogP contribution in [0.1, 0.15) is 46.5 Å². The normalized spacial score (nSPS) is 25.2. The molecule has 0 heterocycles. The Bertz CT molecular complexity index is 218. The zero-order valence-electron chi connectivity index (χ0n) is 10.9. The predicted molar refractivity (Wildman–Crippen MR) is 67.3 cm³/mol. The van der Waals surface area contributed by atoms with E-state index >= 15 is 0 Å². The van der Waals surface area contributed by atoms with E-state index < -0.39 is 0 Å². The zero-order valence-corrected chi connectivity index (χ0v) is 10.9. The molecule has 1 aliphatic rings. The minimum absolute atomic E-state index is 0.0468. The molecule has 0 radical (unpaired) electrons. The van der Waals surface area contributed by atoms with Gasteiger partial charge in [-0.2, -0.15) is 0 Å². The number of hydrogen-bond acceptors (Lipinski definition) is 2. The van der Waals surface area contributed by atoms with Gasteiger partial charge in [-0.05, 0) is 38.1 Å². The molecule has 94 valence electrons. The van der Waals surface area contributed by atoms with Crippen LogP contribution in [0.2, 0.25) is 0 Å². The highest BCUT2D eigenvalue weighted by molar-refractivity contribution is 5.81. The Balaban J connectivity index is 2.01. The molecule has 3 atom stereocenters. The highest BCUT2D eigenvalue weighted by Gasteiger charge is 2.32. The van der Waals surface area contributed by atoms with Crippen molar-refractivity contribution in [1.29, 1.82) is 0 Å². The Morgan fingerprint density at radius 3 is 2.69 bits per heavy atom. The summed E-state index contributed by atoms with van der Waals surface area (Å²) in [5.41, 5.74) is 0. The molecule has 1 fully saturated rings. The van der Waals surface area contributed by atoms with Crippen LogP contribution in [0, 0.1) is 11.8 Å². The topological polar surface area (TPSA) is 41.1 Å². The summed E-state index contributed by atoms with van der Waals surface area (Å²) >= 11 is 0. The van der Waals surface area contributed by atoms with E-state index in [1.54, 1.807) is 0 Å². The van der Waals surface area contributed by atoms with Gasteiger partial charge in [0.15, 0.2) is 0 Å². The van der Waals surface area contributed by atoms with Crippen LogP contribution in [0.25, 0.3) is 0 Å². The number of rotatable bonds is 8. The maximum atomic E-state index is 11.6. The highest BCUT2D eigenvalue weighted by atomic mass is 16.2. The Hall–Kier alpha value is -0.570. The quantitative estimate of drug-likeness (QED) is 0.621. The van der Waals surface area contributed by atoms with Crippen molar-refractivity contribution >= 4 is 5.91 Å². The maximum absolute atomic E-state index is 11.6. The lowest BCUT2D eigenvalue weighted by Crippen LogP contribution is -2.43. The average molecular weight is 226 g/mol. The van der Waals surface area contributed by atoms with Crippen LogP contribution >= 0.6 is 0 Å². The average Bonchev–Trinajstić information content (AvgIpc) is 2.97. The first-order chi connectivity index (χ1) is 7.65. The molecule has 3 unspecified atom stereocenters. The van der Waals surface area contributed by atoms with Gasteiger partial charge in [-0.1, -0.05) is 26.7 Å². The third-order valence-electron chi connectivity index (χ3n) is 3.44. The Kier molecular flexibility index (Phi) is 5.81. The van der Waals surface area contributed by atoms with E-state index in [4.69, 9.17) is 0 Å². The van der Waals surface area contributed by atoms with Crippen LogP contribution < -0.4 is 10.6 Å². The van der Waals surface area contributed by atoms with Crippen LogP contribution in [0.3, 0.4) is 0 Å². The van der Waals surface area contributed by atoms with Crippen molar-refractivity contribution in [2.75, 3.05) is 13.1 Å². The van der Waals surface area contributed by atoms with Crippen molar-refractivity contribution in [2.24, 2.45) is 11.8 Å². The van der Waals surface area contributed by atoms with E-state index in [1.165, 1.54) is 19.3 Å². The van der Waals surface area contributed by atoms with Crippen molar-refractivity contribution in [1.82, 2.24) is 10.6 Å². The summed E-state index contributed by atoms with van der Waals surface area (Å²) in [5, 5.41) is 6.27. The summed E-state index contributed by atoms with van der Waals surface area (Å²) < 4.78 is 0. The molecular weight excluding hydrogens is 200 g/mol. The summed E-state index contributed by atoms with van der Waals surface area (Å²) in [5.74, 6) is 1.80. The Morgan fingerprint density at radius 1 is 1.44 bits per heavy atom. The van der Waals surface area contributed by atoms with Gasteiger partial charge in [-0.3, -0.25) is 4.79 Å². The Labute approximate surface area is 99.4 Å². The first-order valence-corrected chi connectivity index (χ1v) is 6.66. The van der Waals surface area contributed by atoms with Gasteiger partial charge < -0.3 is 10.6 Å². The summed E-state index contributed by atoms with van der Waals surface area (Å²) in [6, 6.07) is -0.0468. The molecule has 2 N–H and O–H groups in total. The molecule has 0 saturated heterocycles. The molecule has 0 aliphatic heterocycles. The number of carbonyl (C=O) groups is 1. The fourth-order valence-electron chi connectivity index (χ4n) is 1.84. The number of amides is 1. The van der Waals surface area contributed by atoms with Gasteiger partial charge in [0.25, 0.3) is 0 Å². The van der Waals surface area contributed by atoms with Gasteiger partial charge in [0.1, 0.15) is 0 Å². The van der Waals surface area contributed by atoms with Crippen molar-refractivity contribution in [3.8, 4) is 0 Å². The molecule has 0 aromatic heterocycles. The van der Waals surface area contributed by atoms with E-state index in [1.807, 2.05) is 6.92 Å². The number of hydrogen-bond donors (Lipinski definition) is 2. The van der Waals surface area contributed by atoms with Crippen LogP contribution in [0.15, 0.2) is 0 Å². The summed E-state index contributed by atoms with van der Waals surface area (Å²) in [6.07, 6.45) is 4.80. The predicted octanol–water partition coefficient (Wildman–Crippen LogP) is 1.93. The van der Waals surface area contributed by atoms with Crippen LogP contribution in [-0.4, -0.2) is 25.0 Å². The monoisotopic (exact) mass is 226 g/mol. The second-order valence-corrected chi connectivity index (χ2v) is 5.10. The van der Waals surface area contributed by atoms with Gasteiger partial charge >= 0.3 is 0 Å². The van der Waals surface area contributed by atoms with Crippen LogP contribution in [0.5, 0.6) is 0 Å². The molecular formula is C13H26N2O. The lowest BCUT2D eigenvalue weighted by atomic mass is 10.2. The van der Waals surface area contributed by atoms with Crippen molar-refractivity contribution in [3.63, 3.8) is 0 Å². The SMILES string of the molecule is CCCCCNC(=O)C(C)NCC1CC1C. The second-order valence-electron chi connectivity index (χ2n) is 5.10.